The average Bonchev–Trinajstić information content (AvgIpc) is 3.03. The molecule has 0 aromatic carbocycles. The summed E-state index contributed by atoms with van der Waals surface area (Å²) in [4.78, 5) is 29.5. The Kier molecular flexibility index (Phi) is 4.64. The Balaban J connectivity index is 1.67. The highest BCUT2D eigenvalue weighted by molar-refractivity contribution is 7.18. The quantitative estimate of drug-likeness (QED) is 0.773. The zero-order chi connectivity index (χ0) is 18.2. The van der Waals surface area contributed by atoms with E-state index in [1.54, 1.807) is 6.07 Å². The summed E-state index contributed by atoms with van der Waals surface area (Å²) in [6, 6.07) is 1.81. The van der Waals surface area contributed by atoms with Crippen molar-refractivity contribution < 1.29 is 9.59 Å². The van der Waals surface area contributed by atoms with E-state index in [1.165, 1.54) is 17.8 Å². The van der Waals surface area contributed by atoms with Crippen LogP contribution in [-0.2, 0) is 4.79 Å². The number of carbonyl (C=O) groups is 2. The Morgan fingerprint density at radius 1 is 1.28 bits per heavy atom. The lowest BCUT2D eigenvalue weighted by Crippen LogP contribution is -2.27. The van der Waals surface area contributed by atoms with Crippen molar-refractivity contribution in [3.8, 4) is 0 Å². The number of H-pyrrole nitrogens is 1. The third kappa shape index (κ3) is 3.89. The van der Waals surface area contributed by atoms with Crippen LogP contribution in [0.4, 0.5) is 10.9 Å². The first-order valence-corrected chi connectivity index (χ1v) is 9.21. The summed E-state index contributed by atoms with van der Waals surface area (Å²) in [5.74, 6) is 1.21. The molecule has 0 atom stereocenters. The van der Waals surface area contributed by atoms with Gasteiger partial charge in [-0.05, 0) is 31.4 Å². The van der Waals surface area contributed by atoms with E-state index >= 15 is 0 Å². The first-order valence-electron chi connectivity index (χ1n) is 8.39. The van der Waals surface area contributed by atoms with Crippen molar-refractivity contribution in [1.29, 1.82) is 0 Å². The number of hydrogen-bond acceptors (Lipinski definition) is 5. The zero-order valence-electron chi connectivity index (χ0n) is 14.9. The standard InChI is InChI=1S/C17H23N5O2S/c1-9-8-11(18-15(24)17(2,3)4)25-12(9)14(23)20-16-19-13(21-22-16)10-6-5-7-10/h8,10H,5-7H2,1-4H3,(H,18,24)(H2,19,20,21,22,23). The summed E-state index contributed by atoms with van der Waals surface area (Å²) in [5.41, 5.74) is 0.318. The number of nitrogens with zero attached hydrogens (tertiary/aromatic N) is 2. The first kappa shape index (κ1) is 17.6. The molecule has 2 aromatic rings. The van der Waals surface area contributed by atoms with Crippen LogP contribution >= 0.6 is 11.3 Å². The van der Waals surface area contributed by atoms with Gasteiger partial charge < -0.3 is 5.32 Å². The Morgan fingerprint density at radius 2 is 2.00 bits per heavy atom. The summed E-state index contributed by atoms with van der Waals surface area (Å²) >= 11 is 1.25. The number of aromatic nitrogens is 3. The van der Waals surface area contributed by atoms with Crippen LogP contribution in [0.5, 0.6) is 0 Å². The maximum Gasteiger partial charge on any atom is 0.268 e. The zero-order valence-corrected chi connectivity index (χ0v) is 15.7. The van der Waals surface area contributed by atoms with Crippen LogP contribution < -0.4 is 10.6 Å². The summed E-state index contributed by atoms with van der Waals surface area (Å²) in [7, 11) is 0. The lowest BCUT2D eigenvalue weighted by atomic mass is 9.85. The summed E-state index contributed by atoms with van der Waals surface area (Å²) in [5, 5.41) is 13.2. The van der Waals surface area contributed by atoms with Crippen molar-refractivity contribution in [2.75, 3.05) is 10.6 Å². The SMILES string of the molecule is Cc1cc(NC(=O)C(C)(C)C)sc1C(=O)Nc1n[nH]c(C2CCC2)n1. The van der Waals surface area contributed by atoms with E-state index in [0.717, 1.165) is 24.2 Å². The monoisotopic (exact) mass is 361 g/mol. The lowest BCUT2D eigenvalue weighted by Gasteiger charge is -2.22. The van der Waals surface area contributed by atoms with Crippen molar-refractivity contribution in [2.45, 2.75) is 52.9 Å². The highest BCUT2D eigenvalue weighted by atomic mass is 32.1. The molecule has 25 heavy (non-hydrogen) atoms. The normalized spacial score (nSPS) is 14.9. The molecule has 2 heterocycles. The highest BCUT2D eigenvalue weighted by Gasteiger charge is 2.25. The predicted octanol–water partition coefficient (Wildman–Crippen LogP) is 3.68. The van der Waals surface area contributed by atoms with E-state index in [4.69, 9.17) is 0 Å². The molecule has 3 N–H and O–H groups in total. The first-order chi connectivity index (χ1) is 11.7. The minimum atomic E-state index is -0.489. The smallest absolute Gasteiger partial charge is 0.268 e. The molecule has 0 radical (unpaired) electrons. The number of hydrogen-bond donors (Lipinski definition) is 3. The molecule has 0 unspecified atom stereocenters. The largest absolute Gasteiger partial charge is 0.317 e. The van der Waals surface area contributed by atoms with Crippen LogP contribution in [0.1, 0.15) is 67.0 Å². The number of aryl methyl sites for hydroxylation is 1. The van der Waals surface area contributed by atoms with Crippen molar-refractivity contribution in [1.82, 2.24) is 15.2 Å². The molecule has 1 fully saturated rings. The number of amides is 2. The van der Waals surface area contributed by atoms with E-state index < -0.39 is 5.41 Å². The molecule has 8 heteroatoms. The van der Waals surface area contributed by atoms with Gasteiger partial charge in [0.1, 0.15) is 5.82 Å². The second-order valence-corrected chi connectivity index (χ2v) is 8.51. The summed E-state index contributed by atoms with van der Waals surface area (Å²) in [6.07, 6.45) is 3.44. The molecule has 0 aliphatic heterocycles. The number of carbonyl (C=O) groups excluding carboxylic acids is 2. The van der Waals surface area contributed by atoms with Gasteiger partial charge in [-0.1, -0.05) is 27.2 Å². The minimum absolute atomic E-state index is 0.0835. The van der Waals surface area contributed by atoms with Gasteiger partial charge in [-0.2, -0.15) is 4.98 Å². The molecular formula is C17H23N5O2S. The van der Waals surface area contributed by atoms with E-state index in [-0.39, 0.29) is 11.8 Å². The van der Waals surface area contributed by atoms with Crippen molar-refractivity contribution >= 4 is 34.1 Å². The Morgan fingerprint density at radius 3 is 2.60 bits per heavy atom. The second kappa shape index (κ2) is 6.59. The molecule has 3 rings (SSSR count). The Labute approximate surface area is 150 Å². The number of nitrogens with one attached hydrogen (secondary N) is 3. The fourth-order valence-corrected chi connectivity index (χ4v) is 3.38. The van der Waals surface area contributed by atoms with Crippen LogP contribution in [0, 0.1) is 12.3 Å². The molecule has 134 valence electrons. The number of rotatable bonds is 4. The van der Waals surface area contributed by atoms with Gasteiger partial charge in [0, 0.05) is 11.3 Å². The second-order valence-electron chi connectivity index (χ2n) is 7.45. The molecule has 1 saturated carbocycles. The van der Waals surface area contributed by atoms with E-state index in [9.17, 15) is 9.59 Å². The fourth-order valence-electron chi connectivity index (χ4n) is 2.42. The maximum absolute atomic E-state index is 12.5. The predicted molar refractivity (Wildman–Crippen MR) is 98.1 cm³/mol. The third-order valence-electron chi connectivity index (χ3n) is 4.26. The van der Waals surface area contributed by atoms with Gasteiger partial charge >= 0.3 is 0 Å². The molecule has 1 aliphatic rings. The van der Waals surface area contributed by atoms with Gasteiger partial charge in [0.15, 0.2) is 0 Å². The summed E-state index contributed by atoms with van der Waals surface area (Å²) in [6.45, 7) is 7.38. The van der Waals surface area contributed by atoms with E-state index in [0.29, 0.717) is 21.7 Å². The lowest BCUT2D eigenvalue weighted by molar-refractivity contribution is -0.123. The van der Waals surface area contributed by atoms with Crippen molar-refractivity contribution in [2.24, 2.45) is 5.41 Å². The Bertz CT molecular complexity index is 798. The molecule has 1 aliphatic carbocycles. The van der Waals surface area contributed by atoms with Crippen LogP contribution in [0.3, 0.4) is 0 Å². The molecule has 0 bridgehead atoms. The minimum Gasteiger partial charge on any atom is -0.317 e. The van der Waals surface area contributed by atoms with E-state index in [1.807, 2.05) is 27.7 Å². The van der Waals surface area contributed by atoms with Crippen LogP contribution in [0.15, 0.2) is 6.07 Å². The van der Waals surface area contributed by atoms with Gasteiger partial charge in [-0.25, -0.2) is 0 Å². The van der Waals surface area contributed by atoms with Crippen LogP contribution in [0.25, 0.3) is 0 Å². The average molecular weight is 361 g/mol. The molecule has 2 amide bonds. The summed E-state index contributed by atoms with van der Waals surface area (Å²) < 4.78 is 0. The van der Waals surface area contributed by atoms with Gasteiger partial charge in [-0.3, -0.25) is 20.0 Å². The topological polar surface area (TPSA) is 99.8 Å². The number of thiophene rings is 1. The van der Waals surface area contributed by atoms with Crippen LogP contribution in [-0.4, -0.2) is 27.0 Å². The molecule has 0 saturated heterocycles. The fraction of sp³-hybridized carbons (Fsp3) is 0.529. The van der Waals surface area contributed by atoms with Gasteiger partial charge in [0.2, 0.25) is 11.9 Å². The van der Waals surface area contributed by atoms with Crippen molar-refractivity contribution in [3.05, 3.63) is 22.3 Å². The van der Waals surface area contributed by atoms with Crippen molar-refractivity contribution in [3.63, 3.8) is 0 Å². The molecular weight excluding hydrogens is 338 g/mol. The van der Waals surface area contributed by atoms with Gasteiger partial charge in [-0.15, -0.1) is 16.4 Å². The van der Waals surface area contributed by atoms with E-state index in [2.05, 4.69) is 25.8 Å². The molecule has 2 aromatic heterocycles. The maximum atomic E-state index is 12.5. The third-order valence-corrected chi connectivity index (χ3v) is 5.41. The Hall–Kier alpha value is -2.22. The number of aromatic amines is 1. The van der Waals surface area contributed by atoms with Crippen LogP contribution in [0.2, 0.25) is 0 Å². The van der Waals surface area contributed by atoms with Gasteiger partial charge in [0.25, 0.3) is 5.91 Å². The highest BCUT2D eigenvalue weighted by Crippen LogP contribution is 2.34. The van der Waals surface area contributed by atoms with Gasteiger partial charge in [0.05, 0.1) is 9.88 Å². The molecule has 7 nitrogen and oxygen atoms in total. The molecule has 0 spiro atoms. The number of anilines is 2.